The molecule has 1 aliphatic heterocycles. The lowest BCUT2D eigenvalue weighted by atomic mass is 10.1. The van der Waals surface area contributed by atoms with Gasteiger partial charge in [0.1, 0.15) is 5.82 Å². The lowest BCUT2D eigenvalue weighted by molar-refractivity contribution is 0.875. The van der Waals surface area contributed by atoms with Crippen molar-refractivity contribution in [1.82, 2.24) is 9.78 Å². The summed E-state index contributed by atoms with van der Waals surface area (Å²) in [6.07, 6.45) is 0.962. The molecule has 0 atom stereocenters. The fraction of sp³-hybridized carbons (Fsp3) is 0.167. The number of benzene rings is 2. The van der Waals surface area contributed by atoms with E-state index in [-0.39, 0.29) is 0 Å². The van der Waals surface area contributed by atoms with Gasteiger partial charge in [0.15, 0.2) is 0 Å². The molecule has 2 heterocycles. The summed E-state index contributed by atoms with van der Waals surface area (Å²) in [5.41, 5.74) is 5.40. The molecule has 23 heavy (non-hydrogen) atoms. The molecule has 0 aliphatic carbocycles. The first-order valence-electron chi connectivity index (χ1n) is 7.52. The van der Waals surface area contributed by atoms with E-state index in [9.17, 15) is 0 Å². The summed E-state index contributed by atoms with van der Waals surface area (Å²) in [5.74, 6) is 1.06. The molecule has 0 spiro atoms. The number of nitrogens with one attached hydrogen (secondary N) is 1. The van der Waals surface area contributed by atoms with E-state index in [1.807, 2.05) is 54.1 Å². The fourth-order valence-electron chi connectivity index (χ4n) is 3.07. The van der Waals surface area contributed by atoms with Gasteiger partial charge in [0.25, 0.3) is 0 Å². The van der Waals surface area contributed by atoms with Crippen LogP contribution in [0.5, 0.6) is 0 Å². The van der Waals surface area contributed by atoms with Crippen LogP contribution in [-0.4, -0.2) is 16.3 Å². The van der Waals surface area contributed by atoms with Crippen LogP contribution in [0.4, 0.5) is 5.82 Å². The Labute approximate surface area is 144 Å². The topological polar surface area (TPSA) is 29.9 Å². The van der Waals surface area contributed by atoms with Crippen LogP contribution in [0.1, 0.15) is 11.1 Å². The van der Waals surface area contributed by atoms with Crippen molar-refractivity contribution in [3.8, 4) is 16.9 Å². The maximum Gasteiger partial charge on any atom is 0.133 e. The number of rotatable bonds is 2. The molecule has 1 N–H and O–H groups in total. The molecule has 2 aromatic carbocycles. The zero-order chi connectivity index (χ0) is 16.0. The van der Waals surface area contributed by atoms with Crippen molar-refractivity contribution < 1.29 is 0 Å². The van der Waals surface area contributed by atoms with Crippen LogP contribution in [0, 0.1) is 6.92 Å². The zero-order valence-corrected chi connectivity index (χ0v) is 14.1. The fourth-order valence-corrected chi connectivity index (χ4v) is 3.49. The van der Waals surface area contributed by atoms with Crippen molar-refractivity contribution >= 4 is 29.0 Å². The van der Waals surface area contributed by atoms with Crippen molar-refractivity contribution in [3.63, 3.8) is 0 Å². The van der Waals surface area contributed by atoms with Gasteiger partial charge >= 0.3 is 0 Å². The van der Waals surface area contributed by atoms with E-state index in [1.165, 1.54) is 5.56 Å². The average molecular weight is 344 g/mol. The number of hydrogen-bond acceptors (Lipinski definition) is 2. The van der Waals surface area contributed by atoms with Crippen LogP contribution < -0.4 is 5.32 Å². The van der Waals surface area contributed by atoms with Crippen LogP contribution in [-0.2, 0) is 6.42 Å². The summed E-state index contributed by atoms with van der Waals surface area (Å²) >= 11 is 12.2. The van der Waals surface area contributed by atoms with Crippen LogP contribution in [0.15, 0.2) is 42.5 Å². The van der Waals surface area contributed by atoms with Gasteiger partial charge in [-0.3, -0.25) is 0 Å². The number of nitrogens with zero attached hydrogens (tertiary/aromatic N) is 2. The first-order chi connectivity index (χ1) is 11.1. The number of halogens is 2. The highest BCUT2D eigenvalue weighted by Gasteiger charge is 2.24. The molecular weight excluding hydrogens is 329 g/mol. The highest BCUT2D eigenvalue weighted by molar-refractivity contribution is 6.31. The average Bonchev–Trinajstić information content (AvgIpc) is 3.10. The second kappa shape index (κ2) is 5.59. The van der Waals surface area contributed by atoms with E-state index in [2.05, 4.69) is 5.32 Å². The molecule has 3 aromatic rings. The standard InChI is InChI=1S/C18H15Cl2N3/c1-11-9-14(20)5-6-16(11)23-18-15(7-8-21-18)17(22-23)12-3-2-4-13(19)10-12/h2-6,9-10,21H,7-8H2,1H3. The molecule has 0 saturated carbocycles. The van der Waals surface area contributed by atoms with Crippen LogP contribution in [0.3, 0.4) is 0 Å². The summed E-state index contributed by atoms with van der Waals surface area (Å²) in [6.45, 7) is 2.97. The zero-order valence-electron chi connectivity index (χ0n) is 12.6. The second-order valence-electron chi connectivity index (χ2n) is 5.71. The smallest absolute Gasteiger partial charge is 0.133 e. The molecule has 0 fully saturated rings. The third-order valence-corrected chi connectivity index (χ3v) is 4.61. The molecule has 1 aromatic heterocycles. The Morgan fingerprint density at radius 3 is 2.70 bits per heavy atom. The molecule has 0 bridgehead atoms. The quantitative estimate of drug-likeness (QED) is 0.699. The predicted octanol–water partition coefficient (Wildman–Crippen LogP) is 5.12. The Morgan fingerprint density at radius 2 is 1.91 bits per heavy atom. The number of fused-ring (bicyclic) bond motifs is 1. The molecule has 0 unspecified atom stereocenters. The molecule has 0 saturated heterocycles. The Bertz CT molecular complexity index is 899. The normalized spacial score (nSPS) is 13.0. The lowest BCUT2D eigenvalue weighted by Gasteiger charge is -2.09. The van der Waals surface area contributed by atoms with Gasteiger partial charge in [-0.1, -0.05) is 35.3 Å². The summed E-state index contributed by atoms with van der Waals surface area (Å²) in [7, 11) is 0. The lowest BCUT2D eigenvalue weighted by Crippen LogP contribution is -2.05. The molecule has 3 nitrogen and oxygen atoms in total. The van der Waals surface area contributed by atoms with Gasteiger partial charge in [-0.2, -0.15) is 5.10 Å². The van der Waals surface area contributed by atoms with Gasteiger partial charge in [-0.25, -0.2) is 4.68 Å². The van der Waals surface area contributed by atoms with Gasteiger partial charge in [-0.05, 0) is 49.2 Å². The van der Waals surface area contributed by atoms with Crippen LogP contribution in [0.25, 0.3) is 16.9 Å². The molecule has 4 rings (SSSR count). The minimum absolute atomic E-state index is 0.722. The van der Waals surface area contributed by atoms with Crippen LogP contribution >= 0.6 is 23.2 Å². The molecule has 5 heteroatoms. The molecule has 1 aliphatic rings. The molecule has 0 amide bonds. The number of hydrogen-bond donors (Lipinski definition) is 1. The van der Waals surface area contributed by atoms with Crippen LogP contribution in [0.2, 0.25) is 10.0 Å². The van der Waals surface area contributed by atoms with E-state index in [0.29, 0.717) is 0 Å². The Morgan fingerprint density at radius 1 is 1.09 bits per heavy atom. The molecule has 0 radical (unpaired) electrons. The SMILES string of the molecule is Cc1cc(Cl)ccc1-n1nc(-c2cccc(Cl)c2)c2c1NCC2. The summed E-state index contributed by atoms with van der Waals surface area (Å²) < 4.78 is 1.98. The minimum atomic E-state index is 0.722. The highest BCUT2D eigenvalue weighted by Crippen LogP contribution is 2.36. The summed E-state index contributed by atoms with van der Waals surface area (Å²) in [5, 5.41) is 9.76. The van der Waals surface area contributed by atoms with Crippen molar-refractivity contribution in [2.45, 2.75) is 13.3 Å². The maximum atomic E-state index is 6.15. The Kier molecular flexibility index (Phi) is 3.55. The van der Waals surface area contributed by atoms with Crippen molar-refractivity contribution in [2.75, 3.05) is 11.9 Å². The van der Waals surface area contributed by atoms with Crippen molar-refractivity contribution in [1.29, 1.82) is 0 Å². The first-order valence-corrected chi connectivity index (χ1v) is 8.27. The van der Waals surface area contributed by atoms with E-state index in [1.54, 1.807) is 0 Å². The van der Waals surface area contributed by atoms with Gasteiger partial charge < -0.3 is 5.32 Å². The van der Waals surface area contributed by atoms with Gasteiger partial charge in [0, 0.05) is 27.7 Å². The van der Waals surface area contributed by atoms with Gasteiger partial charge in [0.05, 0.1) is 11.4 Å². The minimum Gasteiger partial charge on any atom is -0.369 e. The van der Waals surface area contributed by atoms with E-state index in [0.717, 1.165) is 51.3 Å². The predicted molar refractivity (Wildman–Crippen MR) is 96.0 cm³/mol. The third kappa shape index (κ3) is 2.50. The number of anilines is 1. The number of aromatic nitrogens is 2. The third-order valence-electron chi connectivity index (χ3n) is 4.14. The van der Waals surface area contributed by atoms with Crippen molar-refractivity contribution in [3.05, 3.63) is 63.6 Å². The highest BCUT2D eigenvalue weighted by atomic mass is 35.5. The largest absolute Gasteiger partial charge is 0.369 e. The second-order valence-corrected chi connectivity index (χ2v) is 6.58. The molecule has 116 valence electrons. The Hall–Kier alpha value is -1.97. The van der Waals surface area contributed by atoms with Gasteiger partial charge in [0.2, 0.25) is 0 Å². The summed E-state index contributed by atoms with van der Waals surface area (Å²) in [4.78, 5) is 0. The monoisotopic (exact) mass is 343 g/mol. The maximum absolute atomic E-state index is 6.15. The van der Waals surface area contributed by atoms with E-state index in [4.69, 9.17) is 28.3 Å². The van der Waals surface area contributed by atoms with Crippen molar-refractivity contribution in [2.24, 2.45) is 0 Å². The number of aryl methyl sites for hydroxylation is 1. The van der Waals surface area contributed by atoms with E-state index >= 15 is 0 Å². The van der Waals surface area contributed by atoms with Gasteiger partial charge in [-0.15, -0.1) is 0 Å². The summed E-state index contributed by atoms with van der Waals surface area (Å²) in [6, 6.07) is 13.7. The Balaban J connectivity index is 1.91. The van der Waals surface area contributed by atoms with E-state index < -0.39 is 0 Å². The first kappa shape index (κ1) is 14.6. The molecular formula is C18H15Cl2N3.